The Morgan fingerprint density at radius 1 is 0.800 bits per heavy atom. The van der Waals surface area contributed by atoms with Crippen molar-refractivity contribution in [3.05, 3.63) is 0 Å². The van der Waals surface area contributed by atoms with Crippen molar-refractivity contribution in [1.29, 1.82) is 0 Å². The minimum absolute atomic E-state index is 0. The maximum absolute atomic E-state index is 8.56. The average Bonchev–Trinajstić information content (AvgIpc) is 0.811. The second-order valence-electron chi connectivity index (χ2n) is 0.283. The molecule has 0 aliphatic rings. The first-order chi connectivity index (χ1) is 1.73. The monoisotopic (exact) mass is 192 g/mol. The van der Waals surface area contributed by atoms with Crippen LogP contribution in [-0.4, -0.2) is 95.1 Å². The van der Waals surface area contributed by atoms with Gasteiger partial charge < -0.3 is 37.6 Å². The predicted octanol–water partition coefficient (Wildman–Crippen LogP) is -4.55. The first kappa shape index (κ1) is 73.4. The van der Waals surface area contributed by atoms with Crippen LogP contribution in [0.25, 0.3) is 0 Å². The summed E-state index contributed by atoms with van der Waals surface area (Å²) in [6.07, 6.45) is -1.83. The van der Waals surface area contributed by atoms with E-state index in [9.17, 15) is 0 Å². The summed E-state index contributed by atoms with van der Waals surface area (Å²) in [6.45, 7) is 0. The Bertz CT molecular complexity index is 32.2. The van der Waals surface area contributed by atoms with E-state index in [2.05, 4.69) is 0 Å². The molecule has 10 heavy (non-hydrogen) atoms. The summed E-state index contributed by atoms with van der Waals surface area (Å²) >= 11 is 0. The van der Waals surface area contributed by atoms with Crippen LogP contribution in [-0.2, 0) is 0 Å². The van der Waals surface area contributed by atoms with E-state index >= 15 is 0 Å². The van der Waals surface area contributed by atoms with Crippen LogP contribution in [0.2, 0.25) is 0 Å². The normalized spacial score (nSPS) is 2.40. The fraction of sp³-hybridized carbons (Fsp3) is 0. The van der Waals surface area contributed by atoms with Gasteiger partial charge in [0, 0.05) is 0 Å². The third kappa shape index (κ3) is 1040. The number of rotatable bonds is 0. The number of carbonyl (C=O) groups is 1. The molecular formula is CH13KO8. The Morgan fingerprint density at radius 2 is 0.800 bits per heavy atom. The molecule has 0 saturated carbocycles. The number of hydrogen-bond donors (Lipinski definition) is 2. The molecule has 0 atom stereocenters. The number of hydrogen-bond acceptors (Lipinski definition) is 1. The van der Waals surface area contributed by atoms with E-state index in [-0.39, 0.29) is 78.8 Å². The van der Waals surface area contributed by atoms with E-state index < -0.39 is 6.16 Å². The van der Waals surface area contributed by atoms with Crippen LogP contribution in [0.3, 0.4) is 0 Å². The van der Waals surface area contributed by atoms with Gasteiger partial charge in [-0.1, -0.05) is 0 Å². The van der Waals surface area contributed by atoms with Crippen molar-refractivity contribution in [2.75, 3.05) is 0 Å². The Kier molecular flexibility index (Phi) is 393. The summed E-state index contributed by atoms with van der Waals surface area (Å²) in [7, 11) is 0. The SMILES string of the molecule is O.O.O.O.O.O=C(O)O.[KH]. The molecule has 0 amide bonds. The second-order valence-corrected chi connectivity index (χ2v) is 0.283. The van der Waals surface area contributed by atoms with Gasteiger partial charge in [-0.25, -0.2) is 4.79 Å². The summed E-state index contributed by atoms with van der Waals surface area (Å²) in [5, 5.41) is 13.9. The number of carboxylic acid groups (broad SMARTS) is 2. The maximum atomic E-state index is 8.56. The van der Waals surface area contributed by atoms with Gasteiger partial charge in [-0.15, -0.1) is 0 Å². The quantitative estimate of drug-likeness (QED) is 0.362. The summed E-state index contributed by atoms with van der Waals surface area (Å²) < 4.78 is 0. The Labute approximate surface area is 98.8 Å². The first-order valence-electron chi connectivity index (χ1n) is 0.651. The zero-order valence-electron chi connectivity index (χ0n) is 4.30. The average molecular weight is 192 g/mol. The molecule has 0 aromatic carbocycles. The molecule has 12 N–H and O–H groups in total. The van der Waals surface area contributed by atoms with Gasteiger partial charge in [-0.2, -0.15) is 0 Å². The molecule has 0 spiro atoms. The van der Waals surface area contributed by atoms with E-state index in [1.165, 1.54) is 0 Å². The Balaban J connectivity index is -0.00000000300. The van der Waals surface area contributed by atoms with Crippen LogP contribution in [0.15, 0.2) is 0 Å². The molecule has 0 aliphatic carbocycles. The molecular weight excluding hydrogens is 179 g/mol. The van der Waals surface area contributed by atoms with Gasteiger partial charge in [0.05, 0.1) is 0 Å². The van der Waals surface area contributed by atoms with Crippen molar-refractivity contribution in [2.24, 2.45) is 0 Å². The van der Waals surface area contributed by atoms with Gasteiger partial charge in [0.2, 0.25) is 0 Å². The predicted molar refractivity (Wildman–Crippen MR) is 35.9 cm³/mol. The van der Waals surface area contributed by atoms with E-state index in [1.54, 1.807) is 0 Å². The molecule has 0 heterocycles. The van der Waals surface area contributed by atoms with E-state index in [4.69, 9.17) is 15.0 Å². The third-order valence-corrected chi connectivity index (χ3v) is 0. The van der Waals surface area contributed by atoms with Gasteiger partial charge >= 0.3 is 57.5 Å². The third-order valence-electron chi connectivity index (χ3n) is 0. The Morgan fingerprint density at radius 3 is 0.800 bits per heavy atom. The van der Waals surface area contributed by atoms with Crippen molar-refractivity contribution in [3.63, 3.8) is 0 Å². The van der Waals surface area contributed by atoms with Gasteiger partial charge in [0.15, 0.2) is 0 Å². The van der Waals surface area contributed by atoms with Gasteiger partial charge in [0.1, 0.15) is 0 Å². The fourth-order valence-corrected chi connectivity index (χ4v) is 0. The molecule has 8 nitrogen and oxygen atoms in total. The summed E-state index contributed by atoms with van der Waals surface area (Å²) in [5.74, 6) is 0. The molecule has 0 rings (SSSR count). The molecule has 0 saturated heterocycles. The zero-order valence-corrected chi connectivity index (χ0v) is 4.30. The summed E-state index contributed by atoms with van der Waals surface area (Å²) in [5.41, 5.74) is 0. The standard InChI is InChI=1S/CH2O3.K.5H2O.H/c2-1(3)4;;;;;;;/h(H2,2,3,4);;5*1H2;. The van der Waals surface area contributed by atoms with Gasteiger partial charge in [-0.05, 0) is 0 Å². The van der Waals surface area contributed by atoms with Crippen LogP contribution in [0.4, 0.5) is 4.79 Å². The topological polar surface area (TPSA) is 215 Å². The fourth-order valence-electron chi connectivity index (χ4n) is 0. The summed E-state index contributed by atoms with van der Waals surface area (Å²) in [4.78, 5) is 8.56. The second kappa shape index (κ2) is 53.6. The van der Waals surface area contributed by atoms with E-state index in [0.717, 1.165) is 0 Å². The van der Waals surface area contributed by atoms with Crippen LogP contribution in [0.1, 0.15) is 0 Å². The molecule has 0 aromatic heterocycles. The van der Waals surface area contributed by atoms with E-state index in [0.29, 0.717) is 0 Å². The van der Waals surface area contributed by atoms with Crippen LogP contribution in [0.5, 0.6) is 0 Å². The first-order valence-corrected chi connectivity index (χ1v) is 0.651. The van der Waals surface area contributed by atoms with Crippen molar-refractivity contribution in [3.8, 4) is 0 Å². The minimum atomic E-state index is -1.83. The van der Waals surface area contributed by atoms with Crippen LogP contribution in [0, 0.1) is 0 Å². The van der Waals surface area contributed by atoms with Gasteiger partial charge in [-0.3, -0.25) is 0 Å². The molecule has 0 bridgehead atoms. The van der Waals surface area contributed by atoms with Crippen molar-refractivity contribution >= 4 is 57.5 Å². The molecule has 9 heteroatoms. The van der Waals surface area contributed by atoms with Crippen molar-refractivity contribution < 1.29 is 42.4 Å². The van der Waals surface area contributed by atoms with Gasteiger partial charge in [0.25, 0.3) is 0 Å². The molecule has 0 fully saturated rings. The summed E-state index contributed by atoms with van der Waals surface area (Å²) in [6, 6.07) is 0. The molecule has 66 valence electrons. The molecule has 0 aromatic rings. The molecule has 0 radical (unpaired) electrons. The van der Waals surface area contributed by atoms with Crippen LogP contribution < -0.4 is 0 Å². The van der Waals surface area contributed by atoms with E-state index in [1.807, 2.05) is 0 Å². The Hall–Kier alpha value is 0.706. The van der Waals surface area contributed by atoms with Crippen LogP contribution >= 0.6 is 0 Å². The molecule has 0 aliphatic heterocycles. The van der Waals surface area contributed by atoms with Crippen molar-refractivity contribution in [2.45, 2.75) is 0 Å². The molecule has 0 unspecified atom stereocenters. The van der Waals surface area contributed by atoms with Crippen molar-refractivity contribution in [1.82, 2.24) is 0 Å². The zero-order chi connectivity index (χ0) is 3.58.